The van der Waals surface area contributed by atoms with Crippen molar-refractivity contribution in [3.63, 3.8) is 0 Å². The van der Waals surface area contributed by atoms with Crippen LogP contribution in [0.4, 0.5) is 0 Å². The minimum Gasteiger partial charge on any atom is -0.316 e. The normalized spacial score (nSPS) is 11.4. The zero-order valence-corrected chi connectivity index (χ0v) is 12.6. The largest absolute Gasteiger partial charge is 0.316 e. The third-order valence-corrected chi connectivity index (χ3v) is 3.34. The van der Waals surface area contributed by atoms with Gasteiger partial charge in [0.1, 0.15) is 0 Å². The van der Waals surface area contributed by atoms with Crippen LogP contribution in [0, 0.1) is 13.8 Å². The first-order valence-electron chi connectivity index (χ1n) is 6.94. The van der Waals surface area contributed by atoms with Crippen LogP contribution in [0.1, 0.15) is 30.3 Å². The number of aromatic nitrogens is 2. The molecule has 0 aliphatic carbocycles. The van der Waals surface area contributed by atoms with Gasteiger partial charge in [-0.3, -0.25) is 4.68 Å². The summed E-state index contributed by atoms with van der Waals surface area (Å²) < 4.78 is 2.09. The molecule has 1 heterocycles. The molecule has 1 N–H and O–H groups in total. The van der Waals surface area contributed by atoms with E-state index in [1.165, 1.54) is 23.4 Å². The molecule has 1 aromatic rings. The van der Waals surface area contributed by atoms with E-state index in [4.69, 9.17) is 0 Å². The summed E-state index contributed by atoms with van der Waals surface area (Å²) in [6.45, 7) is 10.7. The predicted octanol–water partition coefficient (Wildman–Crippen LogP) is 1.60. The number of nitrogens with one attached hydrogen (secondary N) is 1. The Morgan fingerprint density at radius 2 is 1.94 bits per heavy atom. The average Bonchev–Trinajstić information content (AvgIpc) is 2.59. The summed E-state index contributed by atoms with van der Waals surface area (Å²) in [5, 5.41) is 8.06. The number of hydrogen-bond acceptors (Lipinski definition) is 3. The van der Waals surface area contributed by atoms with Crippen molar-refractivity contribution in [3.05, 3.63) is 17.0 Å². The van der Waals surface area contributed by atoms with Crippen molar-refractivity contribution in [1.82, 2.24) is 20.0 Å². The Bertz CT molecular complexity index is 355. The van der Waals surface area contributed by atoms with Gasteiger partial charge in [0.15, 0.2) is 0 Å². The zero-order chi connectivity index (χ0) is 13.5. The van der Waals surface area contributed by atoms with Crippen molar-refractivity contribution in [2.45, 2.75) is 40.2 Å². The SMILES string of the molecule is CCn1nc(C)c(CCNCCCN(C)C)c1C. The maximum atomic E-state index is 4.55. The highest BCUT2D eigenvalue weighted by Crippen LogP contribution is 2.13. The first-order valence-corrected chi connectivity index (χ1v) is 6.94. The molecule has 4 heteroatoms. The molecule has 0 aliphatic heterocycles. The first-order chi connectivity index (χ1) is 8.56. The van der Waals surface area contributed by atoms with Gasteiger partial charge in [0.2, 0.25) is 0 Å². The van der Waals surface area contributed by atoms with Crippen LogP contribution in [-0.4, -0.2) is 48.4 Å². The van der Waals surface area contributed by atoms with E-state index in [1.807, 2.05) is 0 Å². The van der Waals surface area contributed by atoms with Crippen molar-refractivity contribution in [2.24, 2.45) is 0 Å². The summed E-state index contributed by atoms with van der Waals surface area (Å²) in [7, 11) is 4.23. The summed E-state index contributed by atoms with van der Waals surface area (Å²) in [6.07, 6.45) is 2.29. The van der Waals surface area contributed by atoms with E-state index in [0.29, 0.717) is 0 Å². The van der Waals surface area contributed by atoms with Gasteiger partial charge in [0.05, 0.1) is 5.69 Å². The summed E-state index contributed by atoms with van der Waals surface area (Å²) in [5.74, 6) is 0. The third-order valence-electron chi connectivity index (χ3n) is 3.34. The van der Waals surface area contributed by atoms with Gasteiger partial charge in [0, 0.05) is 12.2 Å². The van der Waals surface area contributed by atoms with Crippen LogP contribution in [0.3, 0.4) is 0 Å². The molecule has 0 saturated carbocycles. The van der Waals surface area contributed by atoms with Crippen LogP contribution in [-0.2, 0) is 13.0 Å². The molecule has 0 aliphatic rings. The molecule has 18 heavy (non-hydrogen) atoms. The number of hydrogen-bond donors (Lipinski definition) is 1. The summed E-state index contributed by atoms with van der Waals surface area (Å²) >= 11 is 0. The van der Waals surface area contributed by atoms with Gasteiger partial charge in [-0.1, -0.05) is 0 Å². The number of aryl methyl sites for hydroxylation is 2. The second-order valence-corrected chi connectivity index (χ2v) is 5.12. The van der Waals surface area contributed by atoms with Crippen molar-refractivity contribution in [1.29, 1.82) is 0 Å². The molecule has 0 fully saturated rings. The molecule has 0 bridgehead atoms. The lowest BCUT2D eigenvalue weighted by atomic mass is 10.1. The molecule has 0 amide bonds. The van der Waals surface area contributed by atoms with Gasteiger partial charge in [-0.05, 0) is 72.9 Å². The molecule has 0 unspecified atom stereocenters. The van der Waals surface area contributed by atoms with Crippen LogP contribution in [0.2, 0.25) is 0 Å². The molecule has 0 spiro atoms. The monoisotopic (exact) mass is 252 g/mol. The Morgan fingerprint density at radius 3 is 2.50 bits per heavy atom. The number of rotatable bonds is 8. The average molecular weight is 252 g/mol. The zero-order valence-electron chi connectivity index (χ0n) is 12.6. The smallest absolute Gasteiger partial charge is 0.0628 e. The Kier molecular flexibility index (Phi) is 6.36. The van der Waals surface area contributed by atoms with Gasteiger partial charge in [-0.2, -0.15) is 5.10 Å². The Morgan fingerprint density at radius 1 is 1.22 bits per heavy atom. The summed E-state index contributed by atoms with van der Waals surface area (Å²) in [4.78, 5) is 2.22. The second-order valence-electron chi connectivity index (χ2n) is 5.12. The van der Waals surface area contributed by atoms with E-state index in [1.54, 1.807) is 0 Å². The molecule has 1 rings (SSSR count). The van der Waals surface area contributed by atoms with E-state index in [-0.39, 0.29) is 0 Å². The van der Waals surface area contributed by atoms with Crippen LogP contribution in [0.25, 0.3) is 0 Å². The molecule has 0 saturated heterocycles. The molecule has 0 aromatic carbocycles. The fourth-order valence-electron chi connectivity index (χ4n) is 2.26. The fraction of sp³-hybridized carbons (Fsp3) is 0.786. The van der Waals surface area contributed by atoms with Crippen molar-refractivity contribution >= 4 is 0 Å². The molecular formula is C14H28N4. The lowest BCUT2D eigenvalue weighted by Crippen LogP contribution is -2.23. The van der Waals surface area contributed by atoms with Crippen molar-refractivity contribution in [3.8, 4) is 0 Å². The molecule has 0 radical (unpaired) electrons. The molecular weight excluding hydrogens is 224 g/mol. The Balaban J connectivity index is 2.29. The van der Waals surface area contributed by atoms with Crippen LogP contribution >= 0.6 is 0 Å². The summed E-state index contributed by atoms with van der Waals surface area (Å²) in [6, 6.07) is 0. The molecule has 0 atom stereocenters. The Labute approximate surface area is 111 Å². The highest BCUT2D eigenvalue weighted by atomic mass is 15.3. The topological polar surface area (TPSA) is 33.1 Å². The van der Waals surface area contributed by atoms with E-state index >= 15 is 0 Å². The standard InChI is InChI=1S/C14H28N4/c1-6-18-13(3)14(12(2)16-18)8-10-15-9-7-11-17(4)5/h15H,6-11H2,1-5H3. The van der Waals surface area contributed by atoms with Crippen LogP contribution < -0.4 is 5.32 Å². The Hall–Kier alpha value is -0.870. The lowest BCUT2D eigenvalue weighted by molar-refractivity contribution is 0.395. The molecule has 1 aromatic heterocycles. The predicted molar refractivity (Wildman–Crippen MR) is 77.1 cm³/mol. The van der Waals surface area contributed by atoms with Crippen LogP contribution in [0.5, 0.6) is 0 Å². The van der Waals surface area contributed by atoms with E-state index < -0.39 is 0 Å². The summed E-state index contributed by atoms with van der Waals surface area (Å²) in [5.41, 5.74) is 3.92. The second kappa shape index (κ2) is 7.54. The highest BCUT2D eigenvalue weighted by Gasteiger charge is 2.09. The van der Waals surface area contributed by atoms with Gasteiger partial charge >= 0.3 is 0 Å². The maximum Gasteiger partial charge on any atom is 0.0628 e. The first kappa shape index (κ1) is 15.2. The van der Waals surface area contributed by atoms with Gasteiger partial charge < -0.3 is 10.2 Å². The van der Waals surface area contributed by atoms with Gasteiger partial charge in [-0.15, -0.1) is 0 Å². The number of nitrogens with zero attached hydrogens (tertiary/aromatic N) is 3. The van der Waals surface area contributed by atoms with Gasteiger partial charge in [-0.25, -0.2) is 0 Å². The molecule has 104 valence electrons. The maximum absolute atomic E-state index is 4.55. The van der Waals surface area contributed by atoms with Crippen LogP contribution in [0.15, 0.2) is 0 Å². The molecule has 4 nitrogen and oxygen atoms in total. The van der Waals surface area contributed by atoms with Crippen molar-refractivity contribution in [2.75, 3.05) is 33.7 Å². The van der Waals surface area contributed by atoms with Gasteiger partial charge in [0.25, 0.3) is 0 Å². The fourth-order valence-corrected chi connectivity index (χ4v) is 2.26. The van der Waals surface area contributed by atoms with E-state index in [0.717, 1.165) is 32.6 Å². The highest BCUT2D eigenvalue weighted by molar-refractivity contribution is 5.24. The minimum atomic E-state index is 0.961. The van der Waals surface area contributed by atoms with E-state index in [2.05, 4.69) is 54.9 Å². The third kappa shape index (κ3) is 4.42. The van der Waals surface area contributed by atoms with Crippen molar-refractivity contribution < 1.29 is 0 Å². The quantitative estimate of drug-likeness (QED) is 0.714. The van der Waals surface area contributed by atoms with E-state index in [9.17, 15) is 0 Å². The lowest BCUT2D eigenvalue weighted by Gasteiger charge is -2.10. The minimum absolute atomic E-state index is 0.961.